The van der Waals surface area contributed by atoms with Crippen molar-refractivity contribution in [3.63, 3.8) is 0 Å². The molecule has 3 nitrogen and oxygen atoms in total. The SMILES string of the molecule is O=S(=O)(c1ccc(F)cc1F)N(Cc1ccccc1)C1CC1. The highest BCUT2D eigenvalue weighted by Crippen LogP contribution is 2.34. The van der Waals surface area contributed by atoms with Crippen molar-refractivity contribution in [3.05, 3.63) is 65.7 Å². The Labute approximate surface area is 128 Å². The first-order chi connectivity index (χ1) is 10.5. The van der Waals surface area contributed by atoms with E-state index < -0.39 is 26.6 Å². The van der Waals surface area contributed by atoms with Crippen LogP contribution in [0.5, 0.6) is 0 Å². The van der Waals surface area contributed by atoms with Crippen LogP contribution in [0, 0.1) is 11.6 Å². The maximum absolute atomic E-state index is 13.9. The van der Waals surface area contributed by atoms with E-state index in [1.165, 1.54) is 4.31 Å². The zero-order valence-corrected chi connectivity index (χ0v) is 12.6. The van der Waals surface area contributed by atoms with E-state index in [4.69, 9.17) is 0 Å². The Morgan fingerprint density at radius 3 is 2.32 bits per heavy atom. The van der Waals surface area contributed by atoms with E-state index in [0.717, 1.165) is 30.5 Å². The van der Waals surface area contributed by atoms with Crippen LogP contribution in [0.1, 0.15) is 18.4 Å². The number of benzene rings is 2. The van der Waals surface area contributed by atoms with Crippen LogP contribution in [-0.4, -0.2) is 18.8 Å². The summed E-state index contributed by atoms with van der Waals surface area (Å²) in [6.07, 6.45) is 1.52. The summed E-state index contributed by atoms with van der Waals surface area (Å²) >= 11 is 0. The Balaban J connectivity index is 1.96. The molecule has 0 unspecified atom stereocenters. The summed E-state index contributed by atoms with van der Waals surface area (Å²) in [6, 6.07) is 11.6. The highest BCUT2D eigenvalue weighted by atomic mass is 32.2. The number of sulfonamides is 1. The van der Waals surface area contributed by atoms with Crippen molar-refractivity contribution in [1.82, 2.24) is 4.31 Å². The molecule has 0 spiro atoms. The number of hydrogen-bond donors (Lipinski definition) is 0. The molecule has 0 N–H and O–H groups in total. The maximum Gasteiger partial charge on any atom is 0.246 e. The monoisotopic (exact) mass is 323 g/mol. The van der Waals surface area contributed by atoms with Crippen molar-refractivity contribution in [2.45, 2.75) is 30.3 Å². The molecule has 2 aromatic rings. The zero-order valence-electron chi connectivity index (χ0n) is 11.7. The Morgan fingerprint density at radius 1 is 1.05 bits per heavy atom. The second-order valence-electron chi connectivity index (χ2n) is 5.34. The van der Waals surface area contributed by atoms with E-state index in [1.807, 2.05) is 30.3 Å². The van der Waals surface area contributed by atoms with Gasteiger partial charge in [-0.15, -0.1) is 0 Å². The molecule has 1 aliphatic rings. The van der Waals surface area contributed by atoms with Gasteiger partial charge < -0.3 is 0 Å². The quantitative estimate of drug-likeness (QED) is 0.846. The smallest absolute Gasteiger partial charge is 0.207 e. The molecule has 0 radical (unpaired) electrons. The van der Waals surface area contributed by atoms with Gasteiger partial charge in [0, 0.05) is 18.7 Å². The van der Waals surface area contributed by atoms with Crippen LogP contribution in [-0.2, 0) is 16.6 Å². The second kappa shape index (κ2) is 5.78. The molecule has 0 amide bonds. The Hall–Kier alpha value is -1.79. The molecule has 2 aromatic carbocycles. The molecule has 1 aliphatic carbocycles. The number of halogens is 2. The van der Waals surface area contributed by atoms with Gasteiger partial charge >= 0.3 is 0 Å². The van der Waals surface area contributed by atoms with Gasteiger partial charge in [0.2, 0.25) is 10.0 Å². The molecular formula is C16H15F2NO2S. The predicted octanol–water partition coefficient (Wildman–Crippen LogP) is 3.32. The average Bonchev–Trinajstić information content (AvgIpc) is 3.29. The van der Waals surface area contributed by atoms with Gasteiger partial charge in [-0.2, -0.15) is 4.31 Å². The Kier molecular flexibility index (Phi) is 3.97. The molecule has 0 aromatic heterocycles. The van der Waals surface area contributed by atoms with Gasteiger partial charge in [-0.25, -0.2) is 17.2 Å². The van der Waals surface area contributed by atoms with Crippen LogP contribution in [0.4, 0.5) is 8.78 Å². The van der Waals surface area contributed by atoms with E-state index in [9.17, 15) is 17.2 Å². The largest absolute Gasteiger partial charge is 0.246 e. The third-order valence-electron chi connectivity index (χ3n) is 3.62. The molecule has 0 bridgehead atoms. The summed E-state index contributed by atoms with van der Waals surface area (Å²) in [5, 5.41) is 0. The third-order valence-corrected chi connectivity index (χ3v) is 5.55. The van der Waals surface area contributed by atoms with E-state index in [2.05, 4.69) is 0 Å². The number of rotatable bonds is 5. The lowest BCUT2D eigenvalue weighted by molar-refractivity contribution is 0.395. The van der Waals surface area contributed by atoms with Crippen molar-refractivity contribution in [2.75, 3.05) is 0 Å². The molecule has 116 valence electrons. The topological polar surface area (TPSA) is 37.4 Å². The molecule has 0 saturated heterocycles. The van der Waals surface area contributed by atoms with Crippen molar-refractivity contribution < 1.29 is 17.2 Å². The summed E-state index contributed by atoms with van der Waals surface area (Å²) in [6.45, 7) is 0.185. The molecule has 6 heteroatoms. The van der Waals surface area contributed by atoms with Crippen molar-refractivity contribution in [2.24, 2.45) is 0 Å². The van der Waals surface area contributed by atoms with Gasteiger partial charge in [-0.1, -0.05) is 30.3 Å². The molecule has 0 aliphatic heterocycles. The first-order valence-electron chi connectivity index (χ1n) is 6.99. The van der Waals surface area contributed by atoms with Crippen LogP contribution in [0.15, 0.2) is 53.4 Å². The van der Waals surface area contributed by atoms with Gasteiger partial charge in [-0.3, -0.25) is 0 Å². The number of nitrogens with zero attached hydrogens (tertiary/aromatic N) is 1. The predicted molar refractivity (Wildman–Crippen MR) is 78.6 cm³/mol. The fourth-order valence-electron chi connectivity index (χ4n) is 2.35. The van der Waals surface area contributed by atoms with Gasteiger partial charge in [0.25, 0.3) is 0 Å². The normalized spacial score (nSPS) is 15.2. The number of hydrogen-bond acceptors (Lipinski definition) is 2. The van der Waals surface area contributed by atoms with Crippen LogP contribution in [0.3, 0.4) is 0 Å². The first-order valence-corrected chi connectivity index (χ1v) is 8.43. The lowest BCUT2D eigenvalue weighted by Crippen LogP contribution is -2.33. The van der Waals surface area contributed by atoms with Crippen LogP contribution in [0.25, 0.3) is 0 Å². The molecule has 1 saturated carbocycles. The van der Waals surface area contributed by atoms with Crippen LogP contribution >= 0.6 is 0 Å². The van der Waals surface area contributed by atoms with Crippen molar-refractivity contribution in [1.29, 1.82) is 0 Å². The van der Waals surface area contributed by atoms with E-state index in [-0.39, 0.29) is 12.6 Å². The van der Waals surface area contributed by atoms with Gasteiger partial charge in [-0.05, 0) is 30.5 Å². The van der Waals surface area contributed by atoms with Gasteiger partial charge in [0.15, 0.2) is 0 Å². The summed E-state index contributed by atoms with van der Waals surface area (Å²) < 4.78 is 53.6. The molecule has 0 heterocycles. The molecule has 3 rings (SSSR count). The molecule has 22 heavy (non-hydrogen) atoms. The molecule has 1 fully saturated rings. The Bertz CT molecular complexity index is 774. The van der Waals surface area contributed by atoms with Crippen LogP contribution in [0.2, 0.25) is 0 Å². The van der Waals surface area contributed by atoms with Crippen LogP contribution < -0.4 is 0 Å². The minimum Gasteiger partial charge on any atom is -0.207 e. The lowest BCUT2D eigenvalue weighted by Gasteiger charge is -2.22. The Morgan fingerprint density at radius 2 is 1.73 bits per heavy atom. The highest BCUT2D eigenvalue weighted by Gasteiger charge is 2.39. The van der Waals surface area contributed by atoms with E-state index >= 15 is 0 Å². The van der Waals surface area contributed by atoms with Crippen molar-refractivity contribution >= 4 is 10.0 Å². The lowest BCUT2D eigenvalue weighted by atomic mass is 10.2. The van der Waals surface area contributed by atoms with Gasteiger partial charge in [0.1, 0.15) is 16.5 Å². The summed E-state index contributed by atoms with van der Waals surface area (Å²) in [4.78, 5) is -0.475. The first kappa shape index (κ1) is 15.1. The third kappa shape index (κ3) is 3.03. The standard InChI is InChI=1S/C16H15F2NO2S/c17-13-6-9-16(15(18)10-13)22(20,21)19(14-7-8-14)11-12-4-2-1-3-5-12/h1-6,9-10,14H,7-8,11H2. The average molecular weight is 323 g/mol. The zero-order chi connectivity index (χ0) is 15.7. The summed E-state index contributed by atoms with van der Waals surface area (Å²) in [5.41, 5.74) is 0.834. The minimum atomic E-state index is -3.99. The fraction of sp³-hybridized carbons (Fsp3) is 0.250. The maximum atomic E-state index is 13.9. The summed E-state index contributed by atoms with van der Waals surface area (Å²) in [5.74, 6) is -1.85. The molecular weight excluding hydrogens is 308 g/mol. The van der Waals surface area contributed by atoms with Gasteiger partial charge in [0.05, 0.1) is 0 Å². The summed E-state index contributed by atoms with van der Waals surface area (Å²) in [7, 11) is -3.99. The van der Waals surface area contributed by atoms with E-state index in [0.29, 0.717) is 6.07 Å². The fourth-order valence-corrected chi connectivity index (χ4v) is 4.07. The van der Waals surface area contributed by atoms with E-state index in [1.54, 1.807) is 0 Å². The van der Waals surface area contributed by atoms with Crippen molar-refractivity contribution in [3.8, 4) is 0 Å². The highest BCUT2D eigenvalue weighted by molar-refractivity contribution is 7.89. The minimum absolute atomic E-state index is 0.116. The second-order valence-corrected chi connectivity index (χ2v) is 7.20. The molecule has 0 atom stereocenters.